The van der Waals surface area contributed by atoms with E-state index in [0.717, 1.165) is 11.3 Å². The fraction of sp³-hybridized carbons (Fsp3) is 0.0909. The van der Waals surface area contributed by atoms with E-state index < -0.39 is 0 Å². The number of hydrogen-bond acceptors (Lipinski definition) is 4. The number of halogens is 1. The molecule has 3 nitrogen and oxygen atoms in total. The molecule has 1 heterocycles. The average molecular weight is 251 g/mol. The molecule has 0 aliphatic heterocycles. The minimum atomic E-state index is 0.365. The smallest absolute Gasteiger partial charge is 0.159 e. The fourth-order valence-electron chi connectivity index (χ4n) is 1.25. The summed E-state index contributed by atoms with van der Waals surface area (Å²) < 4.78 is 5.09. The molecular formula is C11H7ClN2OS. The average Bonchev–Trinajstić information content (AvgIpc) is 2.76. The van der Waals surface area contributed by atoms with Gasteiger partial charge < -0.3 is 4.52 Å². The second kappa shape index (κ2) is 5.03. The fourth-order valence-corrected chi connectivity index (χ4v) is 1.44. The molecule has 0 radical (unpaired) electrons. The Balaban J connectivity index is 2.24. The molecule has 2 rings (SSSR count). The van der Waals surface area contributed by atoms with Crippen molar-refractivity contribution in [1.82, 2.24) is 5.16 Å². The molecule has 0 aliphatic rings. The maximum atomic E-state index is 5.79. The number of aromatic nitrogens is 1. The van der Waals surface area contributed by atoms with Crippen LogP contribution in [0.15, 0.2) is 39.8 Å². The summed E-state index contributed by atoms with van der Waals surface area (Å²) >= 11 is 10.3. The van der Waals surface area contributed by atoms with Crippen LogP contribution in [-0.4, -0.2) is 10.3 Å². The molecule has 0 bridgehead atoms. The predicted molar refractivity (Wildman–Crippen MR) is 65.7 cm³/mol. The van der Waals surface area contributed by atoms with Crippen LogP contribution < -0.4 is 0 Å². The monoisotopic (exact) mass is 250 g/mol. The van der Waals surface area contributed by atoms with Crippen LogP contribution in [-0.2, 0) is 6.54 Å². The Hall–Kier alpha value is -1.48. The molecule has 0 spiro atoms. The third-order valence-corrected chi connectivity index (χ3v) is 2.38. The van der Waals surface area contributed by atoms with Crippen molar-refractivity contribution < 1.29 is 4.52 Å². The summed E-state index contributed by atoms with van der Waals surface area (Å²) in [5.74, 6) is 0.655. The summed E-state index contributed by atoms with van der Waals surface area (Å²) in [7, 11) is 0. The molecule has 0 saturated heterocycles. The van der Waals surface area contributed by atoms with E-state index in [9.17, 15) is 0 Å². The highest BCUT2D eigenvalue weighted by molar-refractivity contribution is 7.78. The third kappa shape index (κ3) is 2.55. The molecule has 0 amide bonds. The quantitative estimate of drug-likeness (QED) is 0.617. The van der Waals surface area contributed by atoms with Gasteiger partial charge in [0.1, 0.15) is 12.2 Å². The van der Waals surface area contributed by atoms with Gasteiger partial charge >= 0.3 is 0 Å². The number of isothiocyanates is 1. The lowest BCUT2D eigenvalue weighted by molar-refractivity contribution is 0.387. The van der Waals surface area contributed by atoms with Gasteiger partial charge in [-0.2, -0.15) is 0 Å². The van der Waals surface area contributed by atoms with Gasteiger partial charge in [-0.1, -0.05) is 28.9 Å². The Morgan fingerprint density at radius 1 is 1.38 bits per heavy atom. The summed E-state index contributed by atoms with van der Waals surface area (Å²) in [6.07, 6.45) is 0. The zero-order valence-corrected chi connectivity index (χ0v) is 9.76. The number of rotatable bonds is 3. The topological polar surface area (TPSA) is 38.4 Å². The molecule has 1 aromatic carbocycles. The van der Waals surface area contributed by atoms with Crippen LogP contribution in [0, 0.1) is 0 Å². The minimum absolute atomic E-state index is 0.365. The number of aliphatic imine (C=N–C) groups is 1. The summed E-state index contributed by atoms with van der Waals surface area (Å²) in [5, 5.41) is 6.90. The maximum Gasteiger partial charge on any atom is 0.159 e. The van der Waals surface area contributed by atoms with E-state index in [2.05, 4.69) is 27.5 Å². The molecule has 0 unspecified atom stereocenters. The highest BCUT2D eigenvalue weighted by atomic mass is 35.5. The SMILES string of the molecule is S=C=NCc1cc(-c2ccc(Cl)cc2)no1. The van der Waals surface area contributed by atoms with Gasteiger partial charge in [-0.15, -0.1) is 0 Å². The van der Waals surface area contributed by atoms with Gasteiger partial charge in [-0.05, 0) is 24.4 Å². The number of thiocarbonyl (C=S) groups is 1. The lowest BCUT2D eigenvalue weighted by Crippen LogP contribution is -1.75. The van der Waals surface area contributed by atoms with E-state index in [1.54, 1.807) is 12.1 Å². The first-order chi connectivity index (χ1) is 7.79. The lowest BCUT2D eigenvalue weighted by atomic mass is 10.1. The first-order valence-electron chi connectivity index (χ1n) is 4.55. The highest BCUT2D eigenvalue weighted by Crippen LogP contribution is 2.21. The summed E-state index contributed by atoms with van der Waals surface area (Å²) in [6.45, 7) is 0.365. The largest absolute Gasteiger partial charge is 0.359 e. The van der Waals surface area contributed by atoms with Gasteiger partial charge in [0.25, 0.3) is 0 Å². The highest BCUT2D eigenvalue weighted by Gasteiger charge is 2.05. The van der Waals surface area contributed by atoms with Crippen LogP contribution in [0.2, 0.25) is 5.02 Å². The third-order valence-electron chi connectivity index (χ3n) is 2.00. The van der Waals surface area contributed by atoms with E-state index in [0.29, 0.717) is 17.3 Å². The Labute approximate surface area is 103 Å². The zero-order valence-electron chi connectivity index (χ0n) is 8.18. The van der Waals surface area contributed by atoms with Crippen molar-refractivity contribution in [2.24, 2.45) is 4.99 Å². The van der Waals surface area contributed by atoms with E-state index >= 15 is 0 Å². The standard InChI is InChI=1S/C11H7ClN2OS/c12-9-3-1-8(2-4-9)11-5-10(15-14-11)6-13-7-16/h1-5H,6H2. The number of benzene rings is 1. The lowest BCUT2D eigenvalue weighted by Gasteiger charge is -1.93. The molecule has 1 aromatic heterocycles. The summed E-state index contributed by atoms with van der Waals surface area (Å²) in [5.41, 5.74) is 1.71. The second-order valence-corrected chi connectivity index (χ2v) is 3.71. The predicted octanol–water partition coefficient (Wildman–Crippen LogP) is 3.60. The van der Waals surface area contributed by atoms with Gasteiger partial charge in [0.05, 0.1) is 5.16 Å². The van der Waals surface area contributed by atoms with Crippen molar-refractivity contribution in [3.8, 4) is 11.3 Å². The normalized spacial score (nSPS) is 9.81. The van der Waals surface area contributed by atoms with Crippen molar-refractivity contribution in [1.29, 1.82) is 0 Å². The molecule has 80 valence electrons. The first kappa shape index (κ1) is 11.0. The van der Waals surface area contributed by atoms with Gasteiger partial charge in [0.15, 0.2) is 5.76 Å². The van der Waals surface area contributed by atoms with E-state index in [1.165, 1.54) is 0 Å². The molecule has 16 heavy (non-hydrogen) atoms. The number of hydrogen-bond donors (Lipinski definition) is 0. The second-order valence-electron chi connectivity index (χ2n) is 3.09. The molecule has 0 N–H and O–H groups in total. The Kier molecular flexibility index (Phi) is 3.47. The van der Waals surface area contributed by atoms with E-state index in [-0.39, 0.29) is 0 Å². The Morgan fingerprint density at radius 3 is 2.81 bits per heavy atom. The first-order valence-corrected chi connectivity index (χ1v) is 5.33. The zero-order chi connectivity index (χ0) is 11.4. The molecule has 0 saturated carbocycles. The van der Waals surface area contributed by atoms with Crippen LogP contribution >= 0.6 is 23.8 Å². The number of nitrogens with zero attached hydrogens (tertiary/aromatic N) is 2. The summed E-state index contributed by atoms with van der Waals surface area (Å²) in [6, 6.07) is 9.19. The van der Waals surface area contributed by atoms with Crippen molar-refractivity contribution in [2.75, 3.05) is 0 Å². The van der Waals surface area contributed by atoms with Crippen LogP contribution in [0.5, 0.6) is 0 Å². The van der Waals surface area contributed by atoms with E-state index in [4.69, 9.17) is 16.1 Å². The van der Waals surface area contributed by atoms with Gasteiger partial charge in [0, 0.05) is 16.7 Å². The van der Waals surface area contributed by atoms with Crippen molar-refractivity contribution in [3.05, 3.63) is 41.1 Å². The molecule has 0 atom stereocenters. The Bertz CT molecular complexity index is 529. The summed E-state index contributed by atoms with van der Waals surface area (Å²) in [4.78, 5) is 3.77. The molecular weight excluding hydrogens is 244 g/mol. The van der Waals surface area contributed by atoms with Crippen LogP contribution in [0.3, 0.4) is 0 Å². The van der Waals surface area contributed by atoms with Crippen LogP contribution in [0.4, 0.5) is 0 Å². The van der Waals surface area contributed by atoms with E-state index in [1.807, 2.05) is 18.2 Å². The molecule has 5 heteroatoms. The maximum absolute atomic E-state index is 5.79. The van der Waals surface area contributed by atoms with Gasteiger partial charge in [-0.25, -0.2) is 4.99 Å². The van der Waals surface area contributed by atoms with Crippen LogP contribution in [0.25, 0.3) is 11.3 Å². The molecule has 0 fully saturated rings. The molecule has 0 aliphatic carbocycles. The van der Waals surface area contributed by atoms with Gasteiger partial charge in [-0.3, -0.25) is 0 Å². The molecule has 2 aromatic rings. The van der Waals surface area contributed by atoms with Gasteiger partial charge in [0.2, 0.25) is 0 Å². The van der Waals surface area contributed by atoms with Crippen molar-refractivity contribution in [3.63, 3.8) is 0 Å². The van der Waals surface area contributed by atoms with Crippen molar-refractivity contribution >= 4 is 29.0 Å². The Morgan fingerprint density at radius 2 is 2.12 bits per heavy atom. The minimum Gasteiger partial charge on any atom is -0.359 e. The van der Waals surface area contributed by atoms with Crippen LogP contribution in [0.1, 0.15) is 5.76 Å². The van der Waals surface area contributed by atoms with Crippen molar-refractivity contribution in [2.45, 2.75) is 6.54 Å².